The zero-order chi connectivity index (χ0) is 29.3. The van der Waals surface area contributed by atoms with Crippen molar-refractivity contribution in [2.24, 2.45) is 17.3 Å². The molecular weight excluding hydrogens is 538 g/mol. The molecule has 0 unspecified atom stereocenters. The Morgan fingerprint density at radius 3 is 2.34 bits per heavy atom. The first kappa shape index (κ1) is 29.1. The molecule has 2 fully saturated rings. The number of anilines is 1. The topological polar surface area (TPSA) is 129 Å². The van der Waals surface area contributed by atoms with Crippen molar-refractivity contribution in [1.82, 2.24) is 4.98 Å². The summed E-state index contributed by atoms with van der Waals surface area (Å²) in [6.07, 6.45) is 11.3. The number of nitrogens with one attached hydrogen (secondary N) is 1. The number of cyclic esters (lactones) is 1. The Kier molecular flexibility index (Phi) is 8.15. The third-order valence-corrected chi connectivity index (χ3v) is 9.76. The molecule has 0 radical (unpaired) electrons. The Morgan fingerprint density at radius 1 is 1.10 bits per heavy atom. The molecule has 0 bridgehead atoms. The van der Waals surface area contributed by atoms with Crippen molar-refractivity contribution in [3.05, 3.63) is 65.1 Å². The Balaban J connectivity index is 1.26. The lowest BCUT2D eigenvalue weighted by molar-refractivity contribution is -0.162. The maximum absolute atomic E-state index is 13.3. The normalized spacial score (nSPS) is 19.0. The molecule has 3 aliphatic rings. The largest absolute Gasteiger partial charge is 0.512 e. The highest BCUT2D eigenvalue weighted by molar-refractivity contribution is 7.92. The van der Waals surface area contributed by atoms with Crippen LogP contribution in [0.2, 0.25) is 0 Å². The summed E-state index contributed by atoms with van der Waals surface area (Å²) in [5.74, 6) is 1.24. The minimum atomic E-state index is -3.93. The summed E-state index contributed by atoms with van der Waals surface area (Å²) in [6.45, 7) is 4.06. The lowest BCUT2D eigenvalue weighted by atomic mass is 9.77. The van der Waals surface area contributed by atoms with Gasteiger partial charge in [-0.25, -0.2) is 9.78 Å². The minimum Gasteiger partial charge on any atom is -0.512 e. The van der Waals surface area contributed by atoms with Gasteiger partial charge in [0.2, 0.25) is 0 Å². The molecule has 1 aromatic heterocycles. The first-order valence-corrected chi connectivity index (χ1v) is 16.1. The van der Waals surface area contributed by atoms with Crippen LogP contribution in [0.1, 0.15) is 89.2 Å². The molecule has 2 heterocycles. The van der Waals surface area contributed by atoms with E-state index in [9.17, 15) is 18.3 Å². The average Bonchev–Trinajstić information content (AvgIpc) is 3.84. The van der Waals surface area contributed by atoms with E-state index >= 15 is 0 Å². The smallest absolute Gasteiger partial charge is 0.337 e. The van der Waals surface area contributed by atoms with Crippen LogP contribution < -0.4 is 4.72 Å². The first-order chi connectivity index (χ1) is 19.5. The Bertz CT molecular complexity index is 1450. The van der Waals surface area contributed by atoms with E-state index in [-0.39, 0.29) is 16.3 Å². The van der Waals surface area contributed by atoms with Gasteiger partial charge in [0, 0.05) is 18.3 Å². The van der Waals surface area contributed by atoms with Gasteiger partial charge in [-0.3, -0.25) is 4.72 Å². The molecule has 218 valence electrons. The van der Waals surface area contributed by atoms with Crippen molar-refractivity contribution >= 4 is 21.7 Å². The lowest BCUT2D eigenvalue weighted by Gasteiger charge is -2.39. The van der Waals surface area contributed by atoms with Crippen LogP contribution in [0.4, 0.5) is 5.69 Å². The Hall–Kier alpha value is -3.38. The monoisotopic (exact) mass is 577 g/mol. The quantitative estimate of drug-likeness (QED) is 0.257. The molecular formula is C32H39N3O5S. The van der Waals surface area contributed by atoms with Gasteiger partial charge < -0.3 is 9.84 Å². The van der Waals surface area contributed by atoms with Crippen molar-refractivity contribution < 1.29 is 23.1 Å². The van der Waals surface area contributed by atoms with E-state index in [1.807, 2.05) is 26.0 Å². The maximum Gasteiger partial charge on any atom is 0.337 e. The minimum absolute atomic E-state index is 0.164. The van der Waals surface area contributed by atoms with E-state index in [4.69, 9.17) is 10.00 Å². The number of hydrogen-bond donors (Lipinski definition) is 2. The third-order valence-electron chi connectivity index (χ3n) is 8.46. The number of sulfonamides is 1. The Labute approximate surface area is 242 Å². The molecule has 41 heavy (non-hydrogen) atoms. The molecule has 8 nitrogen and oxygen atoms in total. The van der Waals surface area contributed by atoms with Crippen LogP contribution in [0.25, 0.3) is 0 Å². The van der Waals surface area contributed by atoms with Crippen LogP contribution in [-0.2, 0) is 26.0 Å². The zero-order valence-corrected chi connectivity index (χ0v) is 24.7. The van der Waals surface area contributed by atoms with Crippen molar-refractivity contribution in [1.29, 1.82) is 5.26 Å². The number of pyridine rings is 1. The fourth-order valence-corrected chi connectivity index (χ4v) is 6.78. The zero-order valence-electron chi connectivity index (χ0n) is 23.9. The average molecular weight is 578 g/mol. The summed E-state index contributed by atoms with van der Waals surface area (Å²) in [6, 6.07) is 11.7. The first-order valence-electron chi connectivity index (χ1n) is 14.6. The second-order valence-electron chi connectivity index (χ2n) is 13.0. The van der Waals surface area contributed by atoms with Crippen LogP contribution in [-0.4, -0.2) is 30.1 Å². The van der Waals surface area contributed by atoms with Gasteiger partial charge >= 0.3 is 5.97 Å². The summed E-state index contributed by atoms with van der Waals surface area (Å²) in [5.41, 5.74) is 0.909. The van der Waals surface area contributed by atoms with Gasteiger partial charge in [-0.05, 0) is 85.6 Å². The number of nitriles is 1. The van der Waals surface area contributed by atoms with Crippen molar-refractivity contribution in [2.45, 2.75) is 95.1 Å². The number of ether oxygens (including phenoxy) is 1. The molecule has 1 aliphatic heterocycles. The molecule has 2 aliphatic carbocycles. The van der Waals surface area contributed by atoms with Crippen LogP contribution in [0.15, 0.2) is 59.0 Å². The lowest BCUT2D eigenvalue weighted by Crippen LogP contribution is -2.41. The van der Waals surface area contributed by atoms with E-state index in [2.05, 4.69) is 9.71 Å². The van der Waals surface area contributed by atoms with Gasteiger partial charge in [-0.15, -0.1) is 0 Å². The van der Waals surface area contributed by atoms with Gasteiger partial charge in [0.15, 0.2) is 5.03 Å². The van der Waals surface area contributed by atoms with Crippen molar-refractivity contribution in [3.63, 3.8) is 0 Å². The molecule has 2 saturated carbocycles. The number of carbonyl (C=O) groups excluding carboxylic acids is 1. The van der Waals surface area contributed by atoms with Gasteiger partial charge in [0.05, 0.1) is 11.1 Å². The third kappa shape index (κ3) is 7.68. The number of benzene rings is 1. The highest BCUT2D eigenvalue weighted by Gasteiger charge is 2.44. The fourth-order valence-electron chi connectivity index (χ4n) is 5.80. The van der Waals surface area contributed by atoms with Crippen molar-refractivity contribution in [3.8, 4) is 6.07 Å². The van der Waals surface area contributed by atoms with E-state index < -0.39 is 27.0 Å². The van der Waals surface area contributed by atoms with Crippen LogP contribution >= 0.6 is 0 Å². The van der Waals surface area contributed by atoms with Crippen molar-refractivity contribution in [2.75, 3.05) is 4.72 Å². The molecule has 0 amide bonds. The number of esters is 1. The highest BCUT2D eigenvalue weighted by atomic mass is 32.2. The number of aliphatic hydroxyl groups excluding tert-OH is 1. The van der Waals surface area contributed by atoms with Gasteiger partial charge in [0.25, 0.3) is 10.0 Å². The van der Waals surface area contributed by atoms with E-state index in [1.54, 1.807) is 18.2 Å². The van der Waals surface area contributed by atoms with Crippen LogP contribution in [0.3, 0.4) is 0 Å². The Morgan fingerprint density at radius 2 is 1.78 bits per heavy atom. The SMILES string of the molecule is CC(C)(CC1=C(O)CC(CCC2CC2)(CCC2CC2)OC1=O)Cc1cccc(NS(=O)(=O)c2ccc(C#N)cn2)c1. The summed E-state index contributed by atoms with van der Waals surface area (Å²) in [4.78, 5) is 17.2. The number of hydrogen-bond acceptors (Lipinski definition) is 7. The summed E-state index contributed by atoms with van der Waals surface area (Å²) in [7, 11) is -3.93. The number of aromatic nitrogens is 1. The molecule has 1 aromatic carbocycles. The molecule has 0 spiro atoms. The van der Waals surface area contributed by atoms with Crippen LogP contribution in [0.5, 0.6) is 0 Å². The maximum atomic E-state index is 13.3. The molecule has 0 saturated heterocycles. The number of aliphatic hydroxyl groups is 1. The van der Waals surface area contributed by atoms with E-state index in [1.165, 1.54) is 44.0 Å². The molecule has 0 atom stereocenters. The molecule has 2 aromatic rings. The highest BCUT2D eigenvalue weighted by Crippen LogP contribution is 2.46. The fraction of sp³-hybridized carbons (Fsp3) is 0.531. The summed E-state index contributed by atoms with van der Waals surface area (Å²) < 4.78 is 34.4. The summed E-state index contributed by atoms with van der Waals surface area (Å²) in [5, 5.41) is 19.9. The summed E-state index contributed by atoms with van der Waals surface area (Å²) >= 11 is 0. The number of nitrogens with zero attached hydrogens (tertiary/aromatic N) is 2. The van der Waals surface area contributed by atoms with Crippen LogP contribution in [0, 0.1) is 28.6 Å². The second kappa shape index (κ2) is 11.5. The van der Waals surface area contributed by atoms with E-state index in [0.29, 0.717) is 30.5 Å². The predicted octanol–water partition coefficient (Wildman–Crippen LogP) is 6.59. The molecule has 9 heteroatoms. The molecule has 5 rings (SSSR count). The predicted molar refractivity (Wildman–Crippen MR) is 155 cm³/mol. The second-order valence-corrected chi connectivity index (χ2v) is 14.6. The van der Waals surface area contributed by atoms with E-state index in [0.717, 1.165) is 43.1 Å². The standard InChI is InChI=1S/C32H39N3O5S/c1-31(2,17-24-4-3-5-26(16-24)35-41(38,39)29-11-10-25(20-33)21-34-29)18-27-28(36)19-32(40-30(27)37,14-12-22-6-7-22)15-13-23-8-9-23/h3-5,10-11,16,21-23,35-36H,6-9,12-15,17-19H2,1-2H3. The van der Waals surface area contributed by atoms with Gasteiger partial charge in [-0.1, -0.05) is 51.7 Å². The van der Waals surface area contributed by atoms with Gasteiger partial charge in [-0.2, -0.15) is 13.7 Å². The number of carbonyl (C=O) groups is 1. The number of rotatable bonds is 13. The molecule has 2 N–H and O–H groups in total. The van der Waals surface area contributed by atoms with Gasteiger partial charge in [0.1, 0.15) is 17.4 Å².